The number of alkyl carbamates (subject to hydrolysis) is 1. The first kappa shape index (κ1) is 41.3. The van der Waals surface area contributed by atoms with E-state index in [-0.39, 0.29) is 30.0 Å². The number of nitrogens with zero attached hydrogens (tertiary/aromatic N) is 3. The van der Waals surface area contributed by atoms with E-state index in [1.807, 2.05) is 20.8 Å². The molecule has 0 aromatic rings. The van der Waals surface area contributed by atoms with Gasteiger partial charge in [-0.2, -0.15) is 9.35 Å². The van der Waals surface area contributed by atoms with Crippen LogP contribution in [0.15, 0.2) is 0 Å². The molecule has 4 rings (SSSR count). The molecule has 0 radical (unpaired) electrons. The molecule has 0 aromatic carbocycles. The van der Waals surface area contributed by atoms with Crippen molar-refractivity contribution in [3.63, 3.8) is 0 Å². The minimum Gasteiger partial charge on any atom is -0.724 e. The third kappa shape index (κ3) is 12.2. The average Bonchev–Trinajstić information content (AvgIpc) is 3.20. The van der Waals surface area contributed by atoms with Gasteiger partial charge in [0.2, 0.25) is 16.3 Å². The summed E-state index contributed by atoms with van der Waals surface area (Å²) in [6, 6.07) is -2.00. The zero-order valence-electron chi connectivity index (χ0n) is 31.3. The van der Waals surface area contributed by atoms with Crippen LogP contribution in [-0.2, 0) is 24.2 Å². The van der Waals surface area contributed by atoms with Crippen molar-refractivity contribution in [1.82, 2.24) is 20.6 Å². The smallest absolute Gasteiger partial charge is 0.407 e. The highest BCUT2D eigenvalue weighted by molar-refractivity contribution is 7.80. The highest BCUT2D eigenvalue weighted by Gasteiger charge is 2.55. The number of quaternary nitrogens is 1. The van der Waals surface area contributed by atoms with E-state index < -0.39 is 40.2 Å². The molecular weight excluding hydrogens is 650 g/mol. The Hall–Kier alpha value is -2.16. The van der Waals surface area contributed by atoms with E-state index in [1.54, 1.807) is 0 Å². The SMILES string of the molecule is CC(C)(C)OC(=O)NC1CC2(C1)CC(NC(=O)[C@@H]1CC[C@@H]3CN1C(=O)N3OS(=O)(=O)[O-])C2.CCCC[N+](CCCC)(CCCC)CCCC. The molecule has 4 amide bonds. The maximum atomic E-state index is 12.8. The first-order valence-electron chi connectivity index (χ1n) is 18.9. The third-order valence-electron chi connectivity index (χ3n) is 10.5. The number of carbonyl (C=O) groups excluding carboxylic acids is 3. The van der Waals surface area contributed by atoms with Gasteiger partial charge in [0, 0.05) is 18.6 Å². The molecule has 0 aromatic heterocycles. The second-order valence-electron chi connectivity index (χ2n) is 16.0. The van der Waals surface area contributed by atoms with E-state index in [0.717, 1.165) is 25.7 Å². The van der Waals surface area contributed by atoms with Crippen LogP contribution in [0.4, 0.5) is 9.59 Å². The summed E-state index contributed by atoms with van der Waals surface area (Å²) in [7, 11) is -5.07. The molecule has 2 atom stereocenters. The minimum atomic E-state index is -5.07. The Morgan fingerprint density at radius 3 is 1.76 bits per heavy atom. The molecular formula is C35H65N5O8S. The predicted molar refractivity (Wildman–Crippen MR) is 187 cm³/mol. The van der Waals surface area contributed by atoms with Gasteiger partial charge in [-0.05, 0) is 90.4 Å². The third-order valence-corrected chi connectivity index (χ3v) is 10.9. The molecule has 4 aliphatic rings. The maximum absolute atomic E-state index is 12.8. The van der Waals surface area contributed by atoms with E-state index in [9.17, 15) is 27.4 Å². The van der Waals surface area contributed by atoms with Crippen LogP contribution in [0.25, 0.3) is 0 Å². The number of amides is 4. The van der Waals surface area contributed by atoms with E-state index >= 15 is 0 Å². The molecule has 1 spiro atoms. The standard InChI is InChI=1S/C19H30N4O8S.C16H36N/c1-18(2,3)30-16(25)21-12-8-19(9-12)6-11(7-19)20-15(24)14-5-4-13-10-22(14)17(26)23(13)31-32(27,28)29;1-5-9-13-17(14-10-6-2,15-11-7-3)16-12-8-4/h11-14H,4-10H2,1-3H3,(H,20,24)(H,21,25)(H,27,28,29);5-16H2,1-4H3/q;+1/p-1/t11?,12?,13-,14+,19?;/m1./s1. The van der Waals surface area contributed by atoms with E-state index in [4.69, 9.17) is 4.74 Å². The van der Waals surface area contributed by atoms with Crippen LogP contribution in [0.1, 0.15) is 138 Å². The van der Waals surface area contributed by atoms with Gasteiger partial charge in [0.05, 0.1) is 32.2 Å². The Bertz CT molecular complexity index is 1160. The fourth-order valence-corrected chi connectivity index (χ4v) is 8.41. The van der Waals surface area contributed by atoms with Crippen LogP contribution >= 0.6 is 0 Å². The van der Waals surface area contributed by atoms with E-state index in [0.29, 0.717) is 17.9 Å². The number of urea groups is 1. The zero-order chi connectivity index (χ0) is 36.5. The molecule has 2 aliphatic carbocycles. The first-order chi connectivity index (χ1) is 23.0. The van der Waals surface area contributed by atoms with Crippen LogP contribution in [0.5, 0.6) is 0 Å². The van der Waals surface area contributed by atoms with Crippen molar-refractivity contribution in [3.8, 4) is 0 Å². The zero-order valence-corrected chi connectivity index (χ0v) is 32.1. The molecule has 4 fully saturated rings. The van der Waals surface area contributed by atoms with E-state index in [2.05, 4.69) is 42.6 Å². The summed E-state index contributed by atoms with van der Waals surface area (Å²) in [5, 5.41) is 6.42. The molecule has 13 nitrogen and oxygen atoms in total. The van der Waals surface area contributed by atoms with Gasteiger partial charge >= 0.3 is 12.1 Å². The largest absolute Gasteiger partial charge is 0.724 e. The number of hydroxylamine groups is 2. The second-order valence-corrected chi connectivity index (χ2v) is 17.0. The number of fused-ring (bicyclic) bond motifs is 2. The molecule has 284 valence electrons. The Balaban J connectivity index is 0.000000326. The Kier molecular flexibility index (Phi) is 15.0. The summed E-state index contributed by atoms with van der Waals surface area (Å²) in [6.07, 6.45) is 14.6. The van der Waals surface area contributed by atoms with Gasteiger partial charge in [-0.15, -0.1) is 0 Å². The summed E-state index contributed by atoms with van der Waals surface area (Å²) in [5.41, 5.74) is -0.425. The minimum absolute atomic E-state index is 0.00484. The van der Waals surface area contributed by atoms with Crippen molar-refractivity contribution in [3.05, 3.63) is 0 Å². The Labute approximate surface area is 295 Å². The lowest BCUT2D eigenvalue weighted by molar-refractivity contribution is -0.929. The number of unbranched alkanes of at least 4 members (excludes halogenated alkanes) is 4. The number of ether oxygens (including phenoxy) is 1. The van der Waals surface area contributed by atoms with Gasteiger partial charge in [0.15, 0.2) is 0 Å². The number of hydrogen-bond acceptors (Lipinski definition) is 8. The van der Waals surface area contributed by atoms with Crippen molar-refractivity contribution >= 4 is 28.4 Å². The van der Waals surface area contributed by atoms with Crippen molar-refractivity contribution in [2.45, 2.75) is 168 Å². The lowest BCUT2D eigenvalue weighted by atomic mass is 9.52. The fraction of sp³-hybridized carbons (Fsp3) is 0.914. The second kappa shape index (κ2) is 17.9. The van der Waals surface area contributed by atoms with Crippen LogP contribution in [0.3, 0.4) is 0 Å². The van der Waals surface area contributed by atoms with E-state index in [1.165, 1.54) is 86.9 Å². The molecule has 2 N–H and O–H groups in total. The molecule has 2 heterocycles. The van der Waals surface area contributed by atoms with Crippen LogP contribution in [-0.4, -0.2) is 108 Å². The topological polar surface area (TPSA) is 157 Å². The van der Waals surface area contributed by atoms with Gasteiger partial charge < -0.3 is 29.3 Å². The number of carbonyl (C=O) groups is 3. The average molecular weight is 716 g/mol. The van der Waals surface area contributed by atoms with Crippen molar-refractivity contribution in [2.75, 3.05) is 32.7 Å². The van der Waals surface area contributed by atoms with Gasteiger partial charge in [0.25, 0.3) is 0 Å². The molecule has 2 bridgehead atoms. The molecule has 2 saturated heterocycles. The summed E-state index contributed by atoms with van der Waals surface area (Å²) < 4.78 is 43.6. The van der Waals surface area contributed by atoms with Gasteiger partial charge in [-0.1, -0.05) is 53.4 Å². The summed E-state index contributed by atoms with van der Waals surface area (Å²) in [6.45, 7) is 20.6. The molecule has 49 heavy (non-hydrogen) atoms. The van der Waals surface area contributed by atoms with Crippen LogP contribution in [0.2, 0.25) is 0 Å². The lowest BCUT2D eigenvalue weighted by Crippen LogP contribution is -2.63. The van der Waals surface area contributed by atoms with Gasteiger partial charge in [-0.3, -0.25) is 4.79 Å². The summed E-state index contributed by atoms with van der Waals surface area (Å²) >= 11 is 0. The number of piperidine rings is 1. The highest BCUT2D eigenvalue weighted by Crippen LogP contribution is 2.56. The first-order valence-corrected chi connectivity index (χ1v) is 20.2. The maximum Gasteiger partial charge on any atom is 0.407 e. The van der Waals surface area contributed by atoms with Crippen molar-refractivity contribution < 1.29 is 40.9 Å². The normalized spacial score (nSPS) is 26.4. The predicted octanol–water partition coefficient (Wildman–Crippen LogP) is 5.60. The van der Waals surface area contributed by atoms with Gasteiger partial charge in [-0.25, -0.2) is 18.0 Å². The van der Waals surface area contributed by atoms with Crippen molar-refractivity contribution in [2.24, 2.45) is 5.41 Å². The molecule has 0 unspecified atom stereocenters. The highest BCUT2D eigenvalue weighted by atomic mass is 32.3. The Morgan fingerprint density at radius 1 is 0.857 bits per heavy atom. The monoisotopic (exact) mass is 715 g/mol. The summed E-state index contributed by atoms with van der Waals surface area (Å²) in [5.74, 6) is -0.286. The molecule has 2 saturated carbocycles. The number of rotatable bonds is 17. The fourth-order valence-electron chi connectivity index (χ4n) is 8.03. The van der Waals surface area contributed by atoms with Gasteiger partial charge in [0.1, 0.15) is 11.6 Å². The lowest BCUT2D eigenvalue weighted by Gasteiger charge is -2.57. The van der Waals surface area contributed by atoms with Crippen molar-refractivity contribution in [1.29, 1.82) is 0 Å². The molecule has 14 heteroatoms. The molecule has 2 aliphatic heterocycles. The Morgan fingerprint density at radius 2 is 1.33 bits per heavy atom. The summed E-state index contributed by atoms with van der Waals surface area (Å²) in [4.78, 5) is 38.3. The van der Waals surface area contributed by atoms with Crippen LogP contribution < -0.4 is 10.6 Å². The number of hydrogen-bond donors (Lipinski definition) is 2. The van der Waals surface area contributed by atoms with Crippen LogP contribution in [0, 0.1) is 5.41 Å². The quantitative estimate of drug-likeness (QED) is 0.112. The number of nitrogens with one attached hydrogen (secondary N) is 2.